The molecule has 0 aromatic carbocycles. The summed E-state index contributed by atoms with van der Waals surface area (Å²) in [5.41, 5.74) is 0. The summed E-state index contributed by atoms with van der Waals surface area (Å²) in [6, 6.07) is 0.839. The maximum Gasteiger partial charge on any atom is 0.500 e. The fourth-order valence-corrected chi connectivity index (χ4v) is 13.2. The predicted octanol–water partition coefficient (Wildman–Crippen LogP) is 5.73. The molecule has 8 nitrogen and oxygen atoms in total. The third kappa shape index (κ3) is 17.1. The SMILES string of the molecule is CCO[Si](CCCNC[Si]C(CCCCCCCN(CC)CC)[Si](OCC)(OCC)OCC)(OCC)OCC. The smallest absolute Gasteiger partial charge is 0.374 e. The van der Waals surface area contributed by atoms with E-state index in [0.29, 0.717) is 54.3 Å². The molecule has 0 aliphatic heterocycles. The molecule has 0 saturated carbocycles. The first-order chi connectivity index (χ1) is 19.0. The van der Waals surface area contributed by atoms with E-state index in [4.69, 9.17) is 26.6 Å². The quantitative estimate of drug-likeness (QED) is 0.0819. The van der Waals surface area contributed by atoms with Crippen LogP contribution in [0.25, 0.3) is 0 Å². The van der Waals surface area contributed by atoms with Gasteiger partial charge in [0, 0.05) is 50.8 Å². The lowest BCUT2D eigenvalue weighted by Crippen LogP contribution is -2.53. The number of hydrogen-bond donors (Lipinski definition) is 1. The molecule has 0 amide bonds. The molecule has 0 bridgehead atoms. The van der Waals surface area contributed by atoms with Crippen molar-refractivity contribution in [3.8, 4) is 0 Å². The summed E-state index contributed by atoms with van der Waals surface area (Å²) < 4.78 is 37.1. The number of unbranched alkanes of at least 4 members (excludes halogenated alkanes) is 4. The van der Waals surface area contributed by atoms with Crippen molar-refractivity contribution in [2.45, 2.75) is 112 Å². The minimum absolute atomic E-state index is 0.337. The molecule has 0 fully saturated rings. The second kappa shape index (κ2) is 26.0. The summed E-state index contributed by atoms with van der Waals surface area (Å²) in [6.07, 6.45) is 9.40. The first kappa shape index (κ1) is 39.3. The van der Waals surface area contributed by atoms with Crippen molar-refractivity contribution in [2.24, 2.45) is 0 Å². The topological polar surface area (TPSA) is 70.7 Å². The highest BCUT2D eigenvalue weighted by Crippen LogP contribution is 2.30. The lowest BCUT2D eigenvalue weighted by Gasteiger charge is -2.35. The molecule has 0 aromatic heterocycles. The molecular formula is C28H64N2O6Si3. The largest absolute Gasteiger partial charge is 0.500 e. The Hall–Kier alpha value is 0.331. The van der Waals surface area contributed by atoms with Gasteiger partial charge < -0.3 is 36.8 Å². The summed E-state index contributed by atoms with van der Waals surface area (Å²) in [7, 11) is -4.62. The molecule has 1 unspecified atom stereocenters. The van der Waals surface area contributed by atoms with Crippen LogP contribution in [0.1, 0.15) is 100 Å². The Balaban J connectivity index is 4.91. The number of nitrogens with one attached hydrogen (secondary N) is 1. The molecule has 0 rings (SSSR count). The zero-order chi connectivity index (χ0) is 29.2. The fourth-order valence-electron chi connectivity index (χ4n) is 4.90. The van der Waals surface area contributed by atoms with Gasteiger partial charge in [-0.2, -0.15) is 0 Å². The van der Waals surface area contributed by atoms with E-state index in [1.165, 1.54) is 38.6 Å². The Bertz CT molecular complexity index is 501. The average Bonchev–Trinajstić information content (AvgIpc) is 2.91. The lowest BCUT2D eigenvalue weighted by atomic mass is 10.1. The van der Waals surface area contributed by atoms with Gasteiger partial charge >= 0.3 is 17.6 Å². The van der Waals surface area contributed by atoms with Gasteiger partial charge in [0.1, 0.15) is 0 Å². The van der Waals surface area contributed by atoms with E-state index in [1.54, 1.807) is 0 Å². The molecule has 0 saturated heterocycles. The van der Waals surface area contributed by atoms with Crippen LogP contribution in [0, 0.1) is 0 Å². The maximum absolute atomic E-state index is 6.35. The van der Waals surface area contributed by atoms with E-state index < -0.39 is 17.6 Å². The molecule has 0 aliphatic carbocycles. The van der Waals surface area contributed by atoms with Gasteiger partial charge in [0.25, 0.3) is 0 Å². The van der Waals surface area contributed by atoms with Crippen LogP contribution in [0.15, 0.2) is 0 Å². The van der Waals surface area contributed by atoms with Crippen LogP contribution in [-0.4, -0.2) is 104 Å². The molecule has 1 atom stereocenters. The van der Waals surface area contributed by atoms with Gasteiger partial charge in [0.05, 0.1) is 9.52 Å². The van der Waals surface area contributed by atoms with Crippen LogP contribution < -0.4 is 5.32 Å². The first-order valence-electron chi connectivity index (χ1n) is 16.0. The third-order valence-corrected chi connectivity index (χ3v) is 16.0. The zero-order valence-corrected chi connectivity index (χ0v) is 29.9. The van der Waals surface area contributed by atoms with E-state index in [2.05, 4.69) is 44.8 Å². The maximum atomic E-state index is 6.35. The molecule has 39 heavy (non-hydrogen) atoms. The number of hydrogen-bond acceptors (Lipinski definition) is 8. The molecule has 0 spiro atoms. The summed E-state index contributed by atoms with van der Waals surface area (Å²) >= 11 is 0. The second-order valence-electron chi connectivity index (χ2n) is 9.51. The Morgan fingerprint density at radius 2 is 1.10 bits per heavy atom. The highest BCUT2D eigenvalue weighted by molar-refractivity contribution is 6.74. The van der Waals surface area contributed by atoms with Gasteiger partial charge in [0.2, 0.25) is 0 Å². The Labute approximate surface area is 247 Å². The van der Waals surface area contributed by atoms with Crippen molar-refractivity contribution >= 4 is 27.1 Å². The van der Waals surface area contributed by atoms with E-state index in [-0.39, 0.29) is 0 Å². The summed E-state index contributed by atoms with van der Waals surface area (Å²) in [6.45, 7) is 24.9. The van der Waals surface area contributed by atoms with Crippen molar-refractivity contribution in [3.05, 3.63) is 0 Å². The van der Waals surface area contributed by atoms with E-state index >= 15 is 0 Å². The Kier molecular flexibility index (Phi) is 26.2. The first-order valence-corrected chi connectivity index (χ1v) is 21.0. The van der Waals surface area contributed by atoms with Crippen LogP contribution in [0.2, 0.25) is 11.2 Å². The molecule has 234 valence electrons. The molecule has 0 aromatic rings. The van der Waals surface area contributed by atoms with Crippen molar-refractivity contribution < 1.29 is 26.6 Å². The van der Waals surface area contributed by atoms with Crippen LogP contribution >= 0.6 is 0 Å². The Morgan fingerprint density at radius 1 is 0.615 bits per heavy atom. The number of nitrogens with zero attached hydrogens (tertiary/aromatic N) is 1. The summed E-state index contributed by atoms with van der Waals surface area (Å²) in [5.74, 6) is 0. The normalized spacial score (nSPS) is 13.5. The third-order valence-electron chi connectivity index (χ3n) is 6.73. The fraction of sp³-hybridized carbons (Fsp3) is 1.00. The minimum Gasteiger partial charge on any atom is -0.374 e. The van der Waals surface area contributed by atoms with Gasteiger partial charge in [0.15, 0.2) is 0 Å². The highest BCUT2D eigenvalue weighted by Gasteiger charge is 2.48. The van der Waals surface area contributed by atoms with E-state index in [9.17, 15) is 0 Å². The van der Waals surface area contributed by atoms with E-state index in [0.717, 1.165) is 44.7 Å². The zero-order valence-electron chi connectivity index (χ0n) is 26.9. The van der Waals surface area contributed by atoms with Crippen molar-refractivity contribution in [1.29, 1.82) is 0 Å². The molecule has 2 radical (unpaired) electrons. The lowest BCUT2D eigenvalue weighted by molar-refractivity contribution is 0.0666. The van der Waals surface area contributed by atoms with Crippen molar-refractivity contribution in [1.82, 2.24) is 10.2 Å². The van der Waals surface area contributed by atoms with Crippen LogP contribution in [-0.2, 0) is 26.6 Å². The standard InChI is InChI=1S/C28H64N2O6Si3/c1-9-30(10-2)25-21-19-17-18-20-23-28(39(34-14-6,35-15-7)36-16-8)37-27-29-24-22-26-38(31-11-3,32-12-4)33-13-5/h28-29H,9-27H2,1-8H3. The molecule has 1 N–H and O–H groups in total. The molecule has 0 heterocycles. The van der Waals surface area contributed by atoms with Gasteiger partial charge in [-0.15, -0.1) is 0 Å². The predicted molar refractivity (Wildman–Crippen MR) is 169 cm³/mol. The molecular weight excluding hydrogens is 545 g/mol. The highest BCUT2D eigenvalue weighted by atomic mass is 28.4. The van der Waals surface area contributed by atoms with Crippen LogP contribution in [0.5, 0.6) is 0 Å². The van der Waals surface area contributed by atoms with E-state index in [1.807, 2.05) is 20.8 Å². The molecule has 11 heteroatoms. The van der Waals surface area contributed by atoms with Gasteiger partial charge in [-0.3, -0.25) is 0 Å². The second-order valence-corrected chi connectivity index (χ2v) is 17.0. The monoisotopic (exact) mass is 608 g/mol. The van der Waals surface area contributed by atoms with Gasteiger partial charge in [-0.05, 0) is 93.2 Å². The summed E-state index contributed by atoms with van der Waals surface area (Å²) in [4.78, 5) is 2.52. The van der Waals surface area contributed by atoms with Crippen LogP contribution in [0.3, 0.4) is 0 Å². The van der Waals surface area contributed by atoms with Gasteiger partial charge in [-0.25, -0.2) is 0 Å². The summed E-state index contributed by atoms with van der Waals surface area (Å²) in [5, 5.41) is 4.01. The van der Waals surface area contributed by atoms with Gasteiger partial charge in [-0.1, -0.05) is 39.5 Å². The number of rotatable bonds is 30. The Morgan fingerprint density at radius 3 is 1.59 bits per heavy atom. The minimum atomic E-state index is -2.74. The van der Waals surface area contributed by atoms with Crippen molar-refractivity contribution in [2.75, 3.05) is 72.0 Å². The molecule has 0 aliphatic rings. The van der Waals surface area contributed by atoms with Crippen molar-refractivity contribution in [3.63, 3.8) is 0 Å². The van der Waals surface area contributed by atoms with Crippen LogP contribution in [0.4, 0.5) is 0 Å². The average molecular weight is 609 g/mol.